The Morgan fingerprint density at radius 3 is 2.57 bits per heavy atom. The van der Waals surface area contributed by atoms with E-state index in [-0.39, 0.29) is 18.4 Å². The number of carbonyl (C=O) groups is 2. The number of carbonyl (C=O) groups excluding carboxylic acids is 2. The number of benzene rings is 2. The van der Waals surface area contributed by atoms with Gasteiger partial charge in [0.15, 0.2) is 0 Å². The molecule has 0 spiro atoms. The lowest BCUT2D eigenvalue weighted by atomic mass is 10.0. The van der Waals surface area contributed by atoms with E-state index in [9.17, 15) is 9.59 Å². The van der Waals surface area contributed by atoms with E-state index in [0.29, 0.717) is 29.9 Å². The highest BCUT2D eigenvalue weighted by Crippen LogP contribution is 2.30. The van der Waals surface area contributed by atoms with Crippen LogP contribution < -0.4 is 10.2 Å². The van der Waals surface area contributed by atoms with Crippen molar-refractivity contribution in [3.8, 4) is 0 Å². The molecule has 1 unspecified atom stereocenters. The van der Waals surface area contributed by atoms with Gasteiger partial charge in [0.2, 0.25) is 11.8 Å². The average Bonchev–Trinajstić information content (AvgIpc) is 3.25. The Kier molecular flexibility index (Phi) is 7.47. The van der Waals surface area contributed by atoms with Crippen molar-refractivity contribution in [1.29, 1.82) is 0 Å². The number of nitrogens with one attached hydrogen (secondary N) is 1. The molecule has 0 fully saturated rings. The topological polar surface area (TPSA) is 102 Å². The van der Waals surface area contributed by atoms with E-state index in [2.05, 4.69) is 20.6 Å². The van der Waals surface area contributed by atoms with Gasteiger partial charge in [0.05, 0.1) is 12.1 Å². The maximum Gasteiger partial charge on any atom is 0.249 e. The molecule has 1 atom stereocenters. The van der Waals surface area contributed by atoms with Gasteiger partial charge in [0.1, 0.15) is 18.1 Å². The number of rotatable bonds is 9. The zero-order chi connectivity index (χ0) is 24.8. The van der Waals surface area contributed by atoms with Crippen LogP contribution in [0.15, 0.2) is 67.0 Å². The fourth-order valence-electron chi connectivity index (χ4n) is 4.09. The molecule has 35 heavy (non-hydrogen) atoms. The fourth-order valence-corrected chi connectivity index (χ4v) is 4.09. The van der Waals surface area contributed by atoms with E-state index in [4.69, 9.17) is 4.74 Å². The van der Waals surface area contributed by atoms with E-state index in [1.165, 1.54) is 4.90 Å². The second-order valence-electron chi connectivity index (χ2n) is 8.32. The molecule has 4 rings (SSSR count). The van der Waals surface area contributed by atoms with Crippen LogP contribution >= 0.6 is 0 Å². The van der Waals surface area contributed by atoms with Gasteiger partial charge < -0.3 is 10.1 Å². The number of amides is 2. The number of aromatic nitrogens is 4. The third-order valence-corrected chi connectivity index (χ3v) is 5.57. The first kappa shape index (κ1) is 24.0. The summed E-state index contributed by atoms with van der Waals surface area (Å²) in [6.45, 7) is 4.50. The standard InChI is InChI=1S/C26H28N6O3/c1-18-13-19(2)15-21(14-18)32(24(33)17-31-23-9-5-4-8-22(23)29-30-31)25(20-7-6-10-27-16-20)26(34)28-11-12-35-3/h4-10,13-16,25H,11-12,17H2,1-3H3,(H,28,34). The first-order chi connectivity index (χ1) is 17.0. The summed E-state index contributed by atoms with van der Waals surface area (Å²) in [7, 11) is 1.57. The lowest BCUT2D eigenvalue weighted by molar-refractivity contribution is -0.127. The number of ether oxygens (including phenoxy) is 1. The van der Waals surface area contributed by atoms with Crippen molar-refractivity contribution in [2.24, 2.45) is 0 Å². The number of methoxy groups -OCH3 is 1. The molecular weight excluding hydrogens is 444 g/mol. The predicted octanol–water partition coefficient (Wildman–Crippen LogP) is 2.98. The predicted molar refractivity (Wildman–Crippen MR) is 133 cm³/mol. The van der Waals surface area contributed by atoms with Crippen LogP contribution in [-0.2, 0) is 20.9 Å². The fraction of sp³-hybridized carbons (Fsp3) is 0.269. The summed E-state index contributed by atoms with van der Waals surface area (Å²) >= 11 is 0. The highest BCUT2D eigenvalue weighted by atomic mass is 16.5. The molecule has 2 aromatic carbocycles. The van der Waals surface area contributed by atoms with Gasteiger partial charge in [-0.2, -0.15) is 0 Å². The number of hydrogen-bond donors (Lipinski definition) is 1. The van der Waals surface area contributed by atoms with Crippen molar-refractivity contribution in [1.82, 2.24) is 25.3 Å². The number of anilines is 1. The van der Waals surface area contributed by atoms with E-state index in [0.717, 1.165) is 16.6 Å². The summed E-state index contributed by atoms with van der Waals surface area (Å²) in [4.78, 5) is 33.2. The second-order valence-corrected chi connectivity index (χ2v) is 8.32. The zero-order valence-corrected chi connectivity index (χ0v) is 20.0. The number of aryl methyl sites for hydroxylation is 2. The van der Waals surface area contributed by atoms with Crippen LogP contribution in [0.1, 0.15) is 22.7 Å². The van der Waals surface area contributed by atoms with Crippen LogP contribution in [0.25, 0.3) is 11.0 Å². The lowest BCUT2D eigenvalue weighted by Crippen LogP contribution is -2.46. The minimum Gasteiger partial charge on any atom is -0.383 e. The zero-order valence-electron chi connectivity index (χ0n) is 20.0. The third-order valence-electron chi connectivity index (χ3n) is 5.57. The number of hydrogen-bond acceptors (Lipinski definition) is 6. The summed E-state index contributed by atoms with van der Waals surface area (Å²) in [6.07, 6.45) is 3.24. The molecule has 0 aliphatic carbocycles. The molecule has 1 N–H and O–H groups in total. The Labute approximate surface area is 203 Å². The van der Waals surface area contributed by atoms with Gasteiger partial charge in [-0.3, -0.25) is 19.5 Å². The Hall–Kier alpha value is -4.11. The summed E-state index contributed by atoms with van der Waals surface area (Å²) in [5.74, 6) is -0.632. The Morgan fingerprint density at radius 1 is 1.09 bits per heavy atom. The minimum absolute atomic E-state index is 0.0877. The van der Waals surface area contributed by atoms with Gasteiger partial charge in [0.25, 0.3) is 0 Å². The van der Waals surface area contributed by atoms with Crippen LogP contribution in [-0.4, -0.2) is 52.1 Å². The number of pyridine rings is 1. The van der Waals surface area contributed by atoms with Gasteiger partial charge in [-0.1, -0.05) is 29.5 Å². The molecule has 4 aromatic rings. The Morgan fingerprint density at radius 2 is 1.86 bits per heavy atom. The van der Waals surface area contributed by atoms with Crippen molar-refractivity contribution in [2.45, 2.75) is 26.4 Å². The number of nitrogens with zero attached hydrogens (tertiary/aromatic N) is 5. The van der Waals surface area contributed by atoms with Gasteiger partial charge >= 0.3 is 0 Å². The smallest absolute Gasteiger partial charge is 0.249 e. The molecule has 2 aromatic heterocycles. The summed E-state index contributed by atoms with van der Waals surface area (Å²) in [6, 6.07) is 15.9. The molecule has 180 valence electrons. The molecule has 9 nitrogen and oxygen atoms in total. The van der Waals surface area contributed by atoms with Crippen molar-refractivity contribution >= 4 is 28.5 Å². The second kappa shape index (κ2) is 10.9. The largest absolute Gasteiger partial charge is 0.383 e. The summed E-state index contributed by atoms with van der Waals surface area (Å²) < 4.78 is 6.64. The van der Waals surface area contributed by atoms with Crippen molar-refractivity contribution in [3.05, 3.63) is 83.7 Å². The SMILES string of the molecule is COCCNC(=O)C(c1cccnc1)N(C(=O)Cn1nnc2ccccc21)c1cc(C)cc(C)c1. The summed E-state index contributed by atoms with van der Waals surface area (Å²) in [5.41, 5.74) is 4.61. The quantitative estimate of drug-likeness (QED) is 0.376. The maximum atomic E-state index is 13.9. The maximum absolute atomic E-state index is 13.9. The lowest BCUT2D eigenvalue weighted by Gasteiger charge is -2.32. The van der Waals surface area contributed by atoms with Gasteiger partial charge in [-0.05, 0) is 55.3 Å². The van der Waals surface area contributed by atoms with E-state index < -0.39 is 6.04 Å². The van der Waals surface area contributed by atoms with Crippen LogP contribution in [0.5, 0.6) is 0 Å². The average molecular weight is 473 g/mol. The molecule has 0 aliphatic rings. The van der Waals surface area contributed by atoms with Crippen molar-refractivity contribution < 1.29 is 14.3 Å². The minimum atomic E-state index is -0.941. The highest BCUT2D eigenvalue weighted by molar-refractivity contribution is 6.01. The first-order valence-corrected chi connectivity index (χ1v) is 11.3. The first-order valence-electron chi connectivity index (χ1n) is 11.3. The highest BCUT2D eigenvalue weighted by Gasteiger charge is 2.33. The van der Waals surface area contributed by atoms with Gasteiger partial charge in [-0.25, -0.2) is 4.68 Å². The normalized spacial score (nSPS) is 11.9. The van der Waals surface area contributed by atoms with Gasteiger partial charge in [-0.15, -0.1) is 5.10 Å². The van der Waals surface area contributed by atoms with E-state index >= 15 is 0 Å². The number of fused-ring (bicyclic) bond motifs is 1. The van der Waals surface area contributed by atoms with Crippen molar-refractivity contribution in [2.75, 3.05) is 25.2 Å². The molecule has 0 saturated heterocycles. The molecule has 9 heteroatoms. The van der Waals surface area contributed by atoms with Crippen LogP contribution in [0.4, 0.5) is 5.69 Å². The van der Waals surface area contributed by atoms with Crippen molar-refractivity contribution in [3.63, 3.8) is 0 Å². The molecular formula is C26H28N6O3. The molecule has 0 aliphatic heterocycles. The Balaban J connectivity index is 1.79. The molecule has 0 bridgehead atoms. The van der Waals surface area contributed by atoms with Crippen LogP contribution in [0.3, 0.4) is 0 Å². The van der Waals surface area contributed by atoms with Gasteiger partial charge in [0, 0.05) is 37.3 Å². The van der Waals surface area contributed by atoms with Crippen LogP contribution in [0.2, 0.25) is 0 Å². The Bertz CT molecular complexity index is 1300. The number of para-hydroxylation sites is 1. The van der Waals surface area contributed by atoms with E-state index in [1.54, 1.807) is 36.3 Å². The third kappa shape index (κ3) is 5.52. The molecule has 0 saturated carbocycles. The molecule has 2 heterocycles. The summed E-state index contributed by atoms with van der Waals surface area (Å²) in [5, 5.41) is 11.2. The van der Waals surface area contributed by atoms with E-state index in [1.807, 2.05) is 56.3 Å². The monoisotopic (exact) mass is 472 g/mol. The molecule has 2 amide bonds. The van der Waals surface area contributed by atoms with Crippen LogP contribution in [0, 0.1) is 13.8 Å². The molecule has 0 radical (unpaired) electrons.